The fourth-order valence-corrected chi connectivity index (χ4v) is 4.32. The van der Waals surface area contributed by atoms with E-state index in [0.29, 0.717) is 45.4 Å². The van der Waals surface area contributed by atoms with Crippen molar-refractivity contribution in [3.8, 4) is 0 Å². The van der Waals surface area contributed by atoms with Gasteiger partial charge in [-0.2, -0.15) is 4.98 Å². The highest BCUT2D eigenvalue weighted by atomic mass is 16.6. The fraction of sp³-hybridized carbons (Fsp3) is 0.514. The number of aromatic nitrogens is 2. The van der Waals surface area contributed by atoms with E-state index in [-0.39, 0.29) is 24.4 Å². The standard InChI is InChI=1S/C37H58N6O5/c1-4-5-6-7-8-9-10-11-12-13-14-15-16-17-18-19-20-21-22-23-35(44)40-27-25-39-26-28-41-37(46)48-31-33(47-3)30-32(2)43-29-24-34(38)42-36(43)45/h5-6,8-9,11-12,14-15,17-18,20-21,24,29,32-33,39H,4,7,10,13,16,19,22-23,25-28,30-31H2,1-3H3,(H,40,44)(H,41,46)(H2,38,42,45)/b6-5-,9-8-,12-11-,15-14-,18-17-,21-20-. The van der Waals surface area contributed by atoms with Crippen molar-refractivity contribution < 1.29 is 19.1 Å². The third kappa shape index (κ3) is 23.2. The van der Waals surface area contributed by atoms with Crippen molar-refractivity contribution >= 4 is 17.8 Å². The SMILES string of the molecule is CC/C=C\C/C=C\C/C=C\C/C=C\C/C=C\C/C=C\CCC(=O)NCCNCCNC(=O)OCC(CC(C)n1ccc(N)nc1=O)OC. The number of methoxy groups -OCH3 is 1. The maximum absolute atomic E-state index is 12.0. The number of nitrogen functional groups attached to an aromatic ring is 1. The zero-order valence-corrected chi connectivity index (χ0v) is 29.2. The number of amides is 2. The van der Waals surface area contributed by atoms with Crippen LogP contribution in [0.4, 0.5) is 10.6 Å². The molecule has 0 saturated heterocycles. The van der Waals surface area contributed by atoms with Gasteiger partial charge in [-0.15, -0.1) is 0 Å². The quantitative estimate of drug-likeness (QED) is 0.0727. The average Bonchev–Trinajstić information content (AvgIpc) is 3.07. The highest BCUT2D eigenvalue weighted by Crippen LogP contribution is 2.13. The second-order valence-electron chi connectivity index (χ2n) is 11.1. The van der Waals surface area contributed by atoms with Crippen LogP contribution in [0.2, 0.25) is 0 Å². The van der Waals surface area contributed by atoms with Crippen LogP contribution in [-0.2, 0) is 14.3 Å². The van der Waals surface area contributed by atoms with Gasteiger partial charge in [-0.3, -0.25) is 9.36 Å². The minimum atomic E-state index is -0.555. The lowest BCUT2D eigenvalue weighted by molar-refractivity contribution is -0.120. The van der Waals surface area contributed by atoms with Gasteiger partial charge in [-0.25, -0.2) is 9.59 Å². The van der Waals surface area contributed by atoms with Gasteiger partial charge in [-0.05, 0) is 64.4 Å². The molecule has 266 valence electrons. The number of nitrogens with one attached hydrogen (secondary N) is 3. The third-order valence-electron chi connectivity index (χ3n) is 6.99. The normalized spacial score (nSPS) is 13.5. The summed E-state index contributed by atoms with van der Waals surface area (Å²) in [5.74, 6) is 0.177. The van der Waals surface area contributed by atoms with E-state index < -0.39 is 17.9 Å². The van der Waals surface area contributed by atoms with Crippen LogP contribution in [0.15, 0.2) is 90.0 Å². The van der Waals surface area contributed by atoms with Gasteiger partial charge in [0.2, 0.25) is 5.91 Å². The molecule has 0 aliphatic heterocycles. The molecular formula is C37H58N6O5. The lowest BCUT2D eigenvalue weighted by atomic mass is 10.1. The molecule has 48 heavy (non-hydrogen) atoms. The van der Waals surface area contributed by atoms with Gasteiger partial charge in [0.05, 0.1) is 6.10 Å². The van der Waals surface area contributed by atoms with Crippen LogP contribution in [0.3, 0.4) is 0 Å². The molecule has 0 aromatic carbocycles. The molecule has 1 rings (SSSR count). The zero-order valence-electron chi connectivity index (χ0n) is 29.2. The summed E-state index contributed by atoms with van der Waals surface area (Å²) in [6.07, 6.45) is 34.0. The molecule has 11 heteroatoms. The van der Waals surface area contributed by atoms with E-state index in [9.17, 15) is 14.4 Å². The molecule has 11 nitrogen and oxygen atoms in total. The molecule has 1 aromatic heterocycles. The monoisotopic (exact) mass is 666 g/mol. The number of allylic oxidation sites excluding steroid dienone is 12. The summed E-state index contributed by atoms with van der Waals surface area (Å²) in [5.41, 5.74) is 5.10. The molecule has 2 amide bonds. The van der Waals surface area contributed by atoms with Gasteiger partial charge in [0, 0.05) is 51.9 Å². The molecule has 0 aliphatic rings. The lowest BCUT2D eigenvalue weighted by Crippen LogP contribution is -2.37. The molecule has 1 heterocycles. The lowest BCUT2D eigenvalue weighted by Gasteiger charge is -2.21. The van der Waals surface area contributed by atoms with Crippen molar-refractivity contribution in [3.63, 3.8) is 0 Å². The van der Waals surface area contributed by atoms with Crippen LogP contribution < -0.4 is 27.4 Å². The van der Waals surface area contributed by atoms with E-state index in [1.807, 2.05) is 13.0 Å². The Morgan fingerprint density at radius 3 is 1.94 bits per heavy atom. The Morgan fingerprint density at radius 2 is 1.40 bits per heavy atom. The van der Waals surface area contributed by atoms with Crippen LogP contribution >= 0.6 is 0 Å². The van der Waals surface area contributed by atoms with Crippen LogP contribution in [0, 0.1) is 0 Å². The molecule has 2 unspecified atom stereocenters. The van der Waals surface area contributed by atoms with Crippen LogP contribution in [-0.4, -0.2) is 67.6 Å². The zero-order chi connectivity index (χ0) is 35.1. The molecule has 0 spiro atoms. The van der Waals surface area contributed by atoms with Crippen molar-refractivity contribution in [2.75, 3.05) is 45.6 Å². The molecule has 2 atom stereocenters. The Morgan fingerprint density at radius 1 is 0.854 bits per heavy atom. The first kappa shape index (κ1) is 41.8. The number of alkyl carbamates (subject to hydrolysis) is 1. The van der Waals surface area contributed by atoms with Crippen molar-refractivity contribution in [2.45, 2.75) is 83.8 Å². The maximum Gasteiger partial charge on any atom is 0.407 e. The summed E-state index contributed by atoms with van der Waals surface area (Å²) < 4.78 is 12.1. The summed E-state index contributed by atoms with van der Waals surface area (Å²) in [7, 11) is 1.52. The third-order valence-corrected chi connectivity index (χ3v) is 6.99. The molecular weight excluding hydrogens is 608 g/mol. The predicted molar refractivity (Wildman–Crippen MR) is 196 cm³/mol. The van der Waals surface area contributed by atoms with Crippen molar-refractivity contribution in [1.82, 2.24) is 25.5 Å². The van der Waals surface area contributed by atoms with Crippen LogP contribution in [0.5, 0.6) is 0 Å². The Balaban J connectivity index is 2.00. The van der Waals surface area contributed by atoms with Gasteiger partial charge >= 0.3 is 11.8 Å². The summed E-state index contributed by atoms with van der Waals surface area (Å²) in [6, 6.07) is 1.34. The van der Waals surface area contributed by atoms with Gasteiger partial charge in [0.25, 0.3) is 0 Å². The first-order chi connectivity index (χ1) is 23.4. The Labute approximate surface area is 287 Å². The van der Waals surface area contributed by atoms with Crippen molar-refractivity contribution in [1.29, 1.82) is 0 Å². The molecule has 1 aromatic rings. The topological polar surface area (TPSA) is 150 Å². The fourth-order valence-electron chi connectivity index (χ4n) is 4.32. The van der Waals surface area contributed by atoms with Crippen LogP contribution in [0.25, 0.3) is 0 Å². The number of nitrogens with two attached hydrogens (primary N) is 1. The summed E-state index contributed by atoms with van der Waals surface area (Å²) in [6.45, 7) is 6.04. The van der Waals surface area contributed by atoms with Gasteiger partial charge in [0.1, 0.15) is 12.4 Å². The van der Waals surface area contributed by atoms with E-state index in [1.165, 1.54) is 11.7 Å². The Kier molecular flexibility index (Phi) is 25.2. The largest absolute Gasteiger partial charge is 0.447 e. The highest BCUT2D eigenvalue weighted by molar-refractivity contribution is 5.75. The number of hydrogen-bond acceptors (Lipinski definition) is 8. The number of carbonyl (C=O) groups is 2. The Bertz CT molecular complexity index is 1250. The number of ether oxygens (including phenoxy) is 2. The first-order valence-corrected chi connectivity index (χ1v) is 17.0. The molecule has 0 radical (unpaired) electrons. The summed E-state index contributed by atoms with van der Waals surface area (Å²) in [4.78, 5) is 39.8. The number of nitrogens with zero attached hydrogens (tertiary/aromatic N) is 2. The van der Waals surface area contributed by atoms with E-state index in [2.05, 4.69) is 94.7 Å². The van der Waals surface area contributed by atoms with Gasteiger partial charge in [0.15, 0.2) is 0 Å². The van der Waals surface area contributed by atoms with E-state index >= 15 is 0 Å². The van der Waals surface area contributed by atoms with E-state index in [1.54, 1.807) is 12.3 Å². The smallest absolute Gasteiger partial charge is 0.407 e. The molecule has 0 bridgehead atoms. The summed E-state index contributed by atoms with van der Waals surface area (Å²) >= 11 is 0. The van der Waals surface area contributed by atoms with Crippen LogP contribution in [0.1, 0.15) is 77.7 Å². The maximum atomic E-state index is 12.0. The second-order valence-corrected chi connectivity index (χ2v) is 11.1. The minimum absolute atomic E-state index is 0.0116. The Hall–Kier alpha value is -4.22. The molecule has 0 saturated carbocycles. The summed E-state index contributed by atoms with van der Waals surface area (Å²) in [5, 5.41) is 8.73. The van der Waals surface area contributed by atoms with Crippen molar-refractivity contribution in [3.05, 3.63) is 95.7 Å². The van der Waals surface area contributed by atoms with E-state index in [0.717, 1.165) is 38.5 Å². The van der Waals surface area contributed by atoms with E-state index in [4.69, 9.17) is 15.2 Å². The van der Waals surface area contributed by atoms with Gasteiger partial charge in [-0.1, -0.05) is 79.8 Å². The number of anilines is 1. The van der Waals surface area contributed by atoms with Gasteiger partial charge < -0.3 is 31.2 Å². The molecule has 0 fully saturated rings. The molecule has 5 N–H and O–H groups in total. The predicted octanol–water partition coefficient (Wildman–Crippen LogP) is 5.70. The highest BCUT2D eigenvalue weighted by Gasteiger charge is 2.17. The average molecular weight is 667 g/mol. The second kappa shape index (κ2) is 29.0. The number of hydrogen-bond donors (Lipinski definition) is 4. The minimum Gasteiger partial charge on any atom is -0.447 e. The van der Waals surface area contributed by atoms with Crippen molar-refractivity contribution in [2.24, 2.45) is 0 Å². The molecule has 0 aliphatic carbocycles. The number of rotatable bonds is 26. The number of carbonyl (C=O) groups excluding carboxylic acids is 2. The first-order valence-electron chi connectivity index (χ1n) is 17.0.